The highest BCUT2D eigenvalue weighted by Crippen LogP contribution is 2.15. The molecule has 1 unspecified atom stereocenters. The number of ether oxygens (including phenoxy) is 2. The topological polar surface area (TPSA) is 38.8 Å². The molecule has 4 nitrogen and oxygen atoms in total. The molecule has 0 radical (unpaired) electrons. The van der Waals surface area contributed by atoms with Crippen LogP contribution in [0.1, 0.15) is 44.0 Å². The molecule has 0 spiro atoms. The number of hydrogen-bond donors (Lipinski definition) is 0. The lowest BCUT2D eigenvalue weighted by Crippen LogP contribution is -2.28. The van der Waals surface area contributed by atoms with E-state index in [-0.39, 0.29) is 24.5 Å². The highest BCUT2D eigenvalue weighted by molar-refractivity contribution is 5.89. The maximum atomic E-state index is 12.0. The number of halogens is 1. The lowest BCUT2D eigenvalue weighted by Gasteiger charge is -2.20. The summed E-state index contributed by atoms with van der Waals surface area (Å²) in [6, 6.07) is 7.13. The van der Waals surface area contributed by atoms with Gasteiger partial charge in [-0.15, -0.1) is 12.4 Å². The molecule has 1 aliphatic rings. The van der Waals surface area contributed by atoms with Crippen LogP contribution in [0.4, 0.5) is 0 Å². The van der Waals surface area contributed by atoms with Gasteiger partial charge < -0.3 is 14.4 Å². The maximum absolute atomic E-state index is 12.0. The standard InChI is InChI=1S/C18H27NO3.ClH/c1-14(2)22-17-8-6-16(7-9-17)18(20)21-13-15(3)12-19-10-4-5-11-19;/h6-9,14-15H,4-5,10-13H2,1-3H3;1H. The highest BCUT2D eigenvalue weighted by atomic mass is 35.5. The van der Waals surface area contributed by atoms with E-state index in [0.717, 1.165) is 12.3 Å². The molecule has 5 heteroatoms. The quantitative estimate of drug-likeness (QED) is 0.707. The van der Waals surface area contributed by atoms with E-state index in [0.29, 0.717) is 18.1 Å². The summed E-state index contributed by atoms with van der Waals surface area (Å²) in [5, 5.41) is 0. The number of carbonyl (C=O) groups is 1. The summed E-state index contributed by atoms with van der Waals surface area (Å²) >= 11 is 0. The van der Waals surface area contributed by atoms with E-state index in [9.17, 15) is 4.79 Å². The van der Waals surface area contributed by atoms with Gasteiger partial charge in [-0.3, -0.25) is 0 Å². The van der Waals surface area contributed by atoms with Gasteiger partial charge in [0.25, 0.3) is 0 Å². The SMILES string of the molecule is CC(COC(=O)c1ccc(OC(C)C)cc1)CN1CCCC1.Cl. The summed E-state index contributed by atoms with van der Waals surface area (Å²) in [7, 11) is 0. The van der Waals surface area contributed by atoms with Crippen LogP contribution < -0.4 is 4.74 Å². The Bertz CT molecular complexity index is 470. The average molecular weight is 342 g/mol. The summed E-state index contributed by atoms with van der Waals surface area (Å²) < 4.78 is 11.0. The van der Waals surface area contributed by atoms with Gasteiger partial charge in [0.15, 0.2) is 0 Å². The summed E-state index contributed by atoms with van der Waals surface area (Å²) in [4.78, 5) is 14.5. The van der Waals surface area contributed by atoms with E-state index in [1.807, 2.05) is 26.0 Å². The molecule has 130 valence electrons. The van der Waals surface area contributed by atoms with Gasteiger partial charge in [0.1, 0.15) is 5.75 Å². The molecular formula is C18H28ClNO3. The van der Waals surface area contributed by atoms with E-state index in [2.05, 4.69) is 11.8 Å². The molecule has 0 amide bonds. The molecule has 0 N–H and O–H groups in total. The molecule has 1 aromatic carbocycles. The second kappa shape index (κ2) is 9.78. The first-order valence-corrected chi connectivity index (χ1v) is 8.21. The van der Waals surface area contributed by atoms with E-state index in [1.165, 1.54) is 25.9 Å². The molecule has 0 aromatic heterocycles. The molecule has 1 fully saturated rings. The van der Waals surface area contributed by atoms with Crippen molar-refractivity contribution in [3.05, 3.63) is 29.8 Å². The number of benzene rings is 1. The minimum Gasteiger partial charge on any atom is -0.491 e. The van der Waals surface area contributed by atoms with Crippen molar-refractivity contribution in [2.75, 3.05) is 26.2 Å². The second-order valence-corrected chi connectivity index (χ2v) is 6.40. The van der Waals surface area contributed by atoms with Crippen LogP contribution in [-0.2, 0) is 4.74 Å². The lowest BCUT2D eigenvalue weighted by molar-refractivity contribution is 0.0427. The number of nitrogens with zero attached hydrogens (tertiary/aromatic N) is 1. The minimum absolute atomic E-state index is 0. The minimum atomic E-state index is -0.260. The third-order valence-corrected chi connectivity index (χ3v) is 3.73. The van der Waals surface area contributed by atoms with Crippen LogP contribution in [0.5, 0.6) is 5.75 Å². The van der Waals surface area contributed by atoms with E-state index < -0.39 is 0 Å². The molecule has 1 heterocycles. The third-order valence-electron chi connectivity index (χ3n) is 3.73. The van der Waals surface area contributed by atoms with Gasteiger partial charge in [0, 0.05) is 12.5 Å². The van der Waals surface area contributed by atoms with Crippen LogP contribution in [0.25, 0.3) is 0 Å². The Hall–Kier alpha value is -1.26. The summed E-state index contributed by atoms with van der Waals surface area (Å²) in [5.74, 6) is 0.879. The van der Waals surface area contributed by atoms with Gasteiger partial charge in [-0.05, 0) is 64.0 Å². The summed E-state index contributed by atoms with van der Waals surface area (Å²) in [5.41, 5.74) is 0.574. The van der Waals surface area contributed by atoms with Crippen molar-refractivity contribution in [1.29, 1.82) is 0 Å². The fourth-order valence-electron chi connectivity index (χ4n) is 2.70. The number of carbonyl (C=O) groups excluding carboxylic acids is 1. The molecule has 0 aliphatic carbocycles. The Morgan fingerprint density at radius 3 is 2.30 bits per heavy atom. The predicted octanol–water partition coefficient (Wildman–Crippen LogP) is 3.78. The van der Waals surface area contributed by atoms with Gasteiger partial charge in [0.2, 0.25) is 0 Å². The van der Waals surface area contributed by atoms with Crippen molar-refractivity contribution in [2.45, 2.75) is 39.7 Å². The first kappa shape index (κ1) is 19.8. The Labute approximate surface area is 145 Å². The van der Waals surface area contributed by atoms with Gasteiger partial charge in [0.05, 0.1) is 18.3 Å². The molecule has 1 aromatic rings. The van der Waals surface area contributed by atoms with Crippen LogP contribution in [0.15, 0.2) is 24.3 Å². The van der Waals surface area contributed by atoms with Crippen LogP contribution in [0.2, 0.25) is 0 Å². The largest absolute Gasteiger partial charge is 0.491 e. The zero-order valence-corrected chi connectivity index (χ0v) is 15.1. The summed E-state index contributed by atoms with van der Waals surface area (Å²) in [6.45, 7) is 9.91. The Morgan fingerprint density at radius 1 is 1.13 bits per heavy atom. The number of hydrogen-bond acceptors (Lipinski definition) is 4. The van der Waals surface area contributed by atoms with Crippen LogP contribution in [0.3, 0.4) is 0 Å². The molecule has 1 aliphatic heterocycles. The Kier molecular flexibility index (Phi) is 8.42. The highest BCUT2D eigenvalue weighted by Gasteiger charge is 2.16. The van der Waals surface area contributed by atoms with Gasteiger partial charge in [-0.25, -0.2) is 4.79 Å². The first-order chi connectivity index (χ1) is 10.5. The number of likely N-dealkylation sites (tertiary alicyclic amines) is 1. The molecule has 2 rings (SSSR count). The van der Waals surface area contributed by atoms with Crippen molar-refractivity contribution in [3.63, 3.8) is 0 Å². The number of esters is 1. The summed E-state index contributed by atoms with van der Waals surface area (Å²) in [6.07, 6.45) is 2.71. The van der Waals surface area contributed by atoms with Crippen molar-refractivity contribution < 1.29 is 14.3 Å². The predicted molar refractivity (Wildman–Crippen MR) is 94.6 cm³/mol. The van der Waals surface area contributed by atoms with Gasteiger partial charge in [-0.1, -0.05) is 6.92 Å². The molecular weight excluding hydrogens is 314 g/mol. The first-order valence-electron chi connectivity index (χ1n) is 8.21. The maximum Gasteiger partial charge on any atom is 0.338 e. The monoisotopic (exact) mass is 341 g/mol. The van der Waals surface area contributed by atoms with Gasteiger partial charge in [-0.2, -0.15) is 0 Å². The van der Waals surface area contributed by atoms with E-state index in [4.69, 9.17) is 9.47 Å². The third kappa shape index (κ3) is 6.80. The van der Waals surface area contributed by atoms with E-state index >= 15 is 0 Å². The number of rotatable bonds is 7. The Morgan fingerprint density at radius 2 is 1.74 bits per heavy atom. The molecule has 1 atom stereocenters. The Balaban J connectivity index is 0.00000264. The molecule has 0 saturated carbocycles. The van der Waals surface area contributed by atoms with Crippen molar-refractivity contribution in [3.8, 4) is 5.75 Å². The fraction of sp³-hybridized carbons (Fsp3) is 0.611. The molecule has 1 saturated heterocycles. The van der Waals surface area contributed by atoms with Gasteiger partial charge >= 0.3 is 5.97 Å². The normalized spacial score (nSPS) is 16.0. The fourth-order valence-corrected chi connectivity index (χ4v) is 2.70. The smallest absolute Gasteiger partial charge is 0.338 e. The second-order valence-electron chi connectivity index (χ2n) is 6.40. The lowest BCUT2D eigenvalue weighted by atomic mass is 10.2. The van der Waals surface area contributed by atoms with Crippen LogP contribution >= 0.6 is 12.4 Å². The van der Waals surface area contributed by atoms with E-state index in [1.54, 1.807) is 12.1 Å². The zero-order valence-electron chi connectivity index (χ0n) is 14.3. The zero-order chi connectivity index (χ0) is 15.9. The van der Waals surface area contributed by atoms with Crippen LogP contribution in [0, 0.1) is 5.92 Å². The van der Waals surface area contributed by atoms with Crippen molar-refractivity contribution in [1.82, 2.24) is 4.90 Å². The van der Waals surface area contributed by atoms with Crippen LogP contribution in [-0.4, -0.2) is 43.2 Å². The van der Waals surface area contributed by atoms with Crippen molar-refractivity contribution >= 4 is 18.4 Å². The molecule has 23 heavy (non-hydrogen) atoms. The van der Waals surface area contributed by atoms with Crippen molar-refractivity contribution in [2.24, 2.45) is 5.92 Å². The average Bonchev–Trinajstić information content (AvgIpc) is 2.98. The molecule has 0 bridgehead atoms.